The minimum absolute atomic E-state index is 0.162. The highest BCUT2D eigenvalue weighted by Crippen LogP contribution is 2.27. The summed E-state index contributed by atoms with van der Waals surface area (Å²) in [5, 5.41) is 15.3. The van der Waals surface area contributed by atoms with E-state index in [-0.39, 0.29) is 17.4 Å². The van der Waals surface area contributed by atoms with Gasteiger partial charge in [0.2, 0.25) is 0 Å². The Morgan fingerprint density at radius 1 is 1.30 bits per heavy atom. The van der Waals surface area contributed by atoms with Crippen molar-refractivity contribution >= 4 is 17.3 Å². The summed E-state index contributed by atoms with van der Waals surface area (Å²) in [7, 11) is 0. The molecule has 0 bridgehead atoms. The van der Waals surface area contributed by atoms with Crippen molar-refractivity contribution in [3.8, 4) is 6.07 Å². The van der Waals surface area contributed by atoms with Crippen molar-refractivity contribution in [3.05, 3.63) is 46.0 Å². The summed E-state index contributed by atoms with van der Waals surface area (Å²) < 4.78 is 5.87. The third-order valence-electron chi connectivity index (χ3n) is 6.60. The lowest BCUT2D eigenvalue weighted by Gasteiger charge is -2.27. The van der Waals surface area contributed by atoms with Gasteiger partial charge < -0.3 is 14.5 Å². The predicted octanol–water partition coefficient (Wildman–Crippen LogP) is 2.21. The maximum atomic E-state index is 12.5. The number of H-pyrrole nitrogens is 1. The summed E-state index contributed by atoms with van der Waals surface area (Å²) in [6, 6.07) is 5.92. The van der Waals surface area contributed by atoms with Crippen LogP contribution in [0.25, 0.3) is 0 Å². The molecule has 2 aromatic rings. The second-order valence-electron chi connectivity index (χ2n) is 8.88. The topological polar surface area (TPSA) is 115 Å². The maximum absolute atomic E-state index is 12.5. The first kappa shape index (κ1) is 22.9. The van der Waals surface area contributed by atoms with Gasteiger partial charge in [-0.1, -0.05) is 0 Å². The Kier molecular flexibility index (Phi) is 7.35. The van der Waals surface area contributed by atoms with Crippen molar-refractivity contribution in [1.82, 2.24) is 15.2 Å². The van der Waals surface area contributed by atoms with Crippen LogP contribution < -0.4 is 15.4 Å². The van der Waals surface area contributed by atoms with Crippen LogP contribution in [0.5, 0.6) is 0 Å². The summed E-state index contributed by atoms with van der Waals surface area (Å²) in [5.41, 5.74) is 1.93. The molecule has 174 valence electrons. The third-order valence-corrected chi connectivity index (χ3v) is 6.60. The average molecular weight is 451 g/mol. The largest absolute Gasteiger partial charge is 0.379 e. The molecule has 2 saturated heterocycles. The number of aromatic amines is 1. The van der Waals surface area contributed by atoms with E-state index in [0.29, 0.717) is 43.1 Å². The smallest absolute Gasteiger partial charge is 0.269 e. The Morgan fingerprint density at radius 2 is 2.18 bits per heavy atom. The van der Waals surface area contributed by atoms with E-state index < -0.39 is 0 Å². The number of nitriles is 1. The van der Waals surface area contributed by atoms with E-state index in [1.54, 1.807) is 18.5 Å². The fourth-order valence-corrected chi connectivity index (χ4v) is 4.74. The lowest BCUT2D eigenvalue weighted by molar-refractivity contribution is -0.120. The monoisotopic (exact) mass is 450 g/mol. The zero-order valence-corrected chi connectivity index (χ0v) is 19.0. The number of carbonyl (C=O) groups is 1. The Labute approximate surface area is 193 Å². The Balaban J connectivity index is 1.18. The zero-order valence-electron chi connectivity index (χ0n) is 19.0. The first-order valence-electron chi connectivity index (χ1n) is 11.6. The molecular weight excluding hydrogens is 420 g/mol. The molecule has 0 saturated carbocycles. The van der Waals surface area contributed by atoms with Gasteiger partial charge in [0.05, 0.1) is 36.7 Å². The van der Waals surface area contributed by atoms with Crippen LogP contribution in [0.3, 0.4) is 0 Å². The molecule has 0 radical (unpaired) electrons. The van der Waals surface area contributed by atoms with E-state index >= 15 is 0 Å². The van der Waals surface area contributed by atoms with Gasteiger partial charge in [0, 0.05) is 44.2 Å². The normalized spacial score (nSPS) is 20.2. The lowest BCUT2D eigenvalue weighted by Crippen LogP contribution is -2.35. The number of hydrogen-bond donors (Lipinski definition) is 1. The van der Waals surface area contributed by atoms with Crippen molar-refractivity contribution in [3.63, 3.8) is 0 Å². The van der Waals surface area contributed by atoms with Crippen LogP contribution in [0.2, 0.25) is 0 Å². The fraction of sp³-hybridized carbons (Fsp3) is 0.542. The third kappa shape index (κ3) is 5.57. The van der Waals surface area contributed by atoms with Crippen LogP contribution in [-0.2, 0) is 9.53 Å². The molecule has 9 heteroatoms. The summed E-state index contributed by atoms with van der Waals surface area (Å²) in [6.45, 7) is 5.34. The number of hydrogen-bond acceptors (Lipinski definition) is 8. The molecule has 1 unspecified atom stereocenters. The molecule has 2 fully saturated rings. The van der Waals surface area contributed by atoms with Gasteiger partial charge in [-0.2, -0.15) is 10.4 Å². The van der Waals surface area contributed by atoms with Crippen LogP contribution in [0.4, 0.5) is 11.5 Å². The van der Waals surface area contributed by atoms with Gasteiger partial charge in [-0.15, -0.1) is 0 Å². The summed E-state index contributed by atoms with van der Waals surface area (Å²) in [5.74, 6) is 1.42. The molecule has 1 N–H and O–H groups in total. The Bertz CT molecular complexity index is 1060. The minimum Gasteiger partial charge on any atom is -0.379 e. The minimum atomic E-state index is -0.162. The number of rotatable bonds is 9. The Hall–Kier alpha value is -3.25. The van der Waals surface area contributed by atoms with Crippen molar-refractivity contribution in [2.24, 2.45) is 5.92 Å². The van der Waals surface area contributed by atoms with Crippen LogP contribution in [-0.4, -0.2) is 59.9 Å². The highest BCUT2D eigenvalue weighted by molar-refractivity contribution is 5.78. The summed E-state index contributed by atoms with van der Waals surface area (Å²) in [4.78, 5) is 33.1. The molecule has 0 aliphatic carbocycles. The molecule has 4 rings (SSSR count). The lowest BCUT2D eigenvalue weighted by atomic mass is 10.0. The molecule has 0 aromatic carbocycles. The van der Waals surface area contributed by atoms with Gasteiger partial charge in [-0.05, 0) is 44.2 Å². The van der Waals surface area contributed by atoms with Gasteiger partial charge in [0.15, 0.2) is 0 Å². The molecule has 2 aliphatic heterocycles. The second-order valence-corrected chi connectivity index (χ2v) is 8.88. The van der Waals surface area contributed by atoms with Gasteiger partial charge >= 0.3 is 0 Å². The van der Waals surface area contributed by atoms with E-state index in [4.69, 9.17) is 10.00 Å². The van der Waals surface area contributed by atoms with E-state index in [2.05, 4.69) is 31.1 Å². The van der Waals surface area contributed by atoms with Crippen LogP contribution in [0, 0.1) is 24.2 Å². The molecule has 9 nitrogen and oxygen atoms in total. The Morgan fingerprint density at radius 3 is 2.97 bits per heavy atom. The number of nitrogens with zero attached hydrogens (tertiary/aromatic N) is 5. The van der Waals surface area contributed by atoms with Crippen LogP contribution >= 0.6 is 0 Å². The average Bonchev–Trinajstić information content (AvgIpc) is 3.48. The van der Waals surface area contributed by atoms with Crippen molar-refractivity contribution in [1.29, 1.82) is 5.26 Å². The summed E-state index contributed by atoms with van der Waals surface area (Å²) in [6.07, 6.45) is 7.29. The maximum Gasteiger partial charge on any atom is 0.269 e. The fourth-order valence-electron chi connectivity index (χ4n) is 4.74. The first-order valence-corrected chi connectivity index (χ1v) is 11.6. The number of ketones is 1. The molecule has 2 aliphatic rings. The van der Waals surface area contributed by atoms with Crippen LogP contribution in [0.1, 0.15) is 43.2 Å². The molecule has 2 aromatic heterocycles. The number of pyridine rings is 1. The van der Waals surface area contributed by atoms with Crippen molar-refractivity contribution in [2.45, 2.75) is 45.1 Å². The molecule has 0 amide bonds. The molecule has 0 spiro atoms. The van der Waals surface area contributed by atoms with E-state index in [1.165, 1.54) is 0 Å². The first-order chi connectivity index (χ1) is 16.0. The predicted molar refractivity (Wildman–Crippen MR) is 124 cm³/mol. The van der Waals surface area contributed by atoms with Crippen molar-refractivity contribution < 1.29 is 9.53 Å². The van der Waals surface area contributed by atoms with Gasteiger partial charge in [0.25, 0.3) is 5.56 Å². The zero-order chi connectivity index (χ0) is 23.2. The highest BCUT2D eigenvalue weighted by atomic mass is 16.5. The summed E-state index contributed by atoms with van der Waals surface area (Å²) >= 11 is 0. The number of ether oxygens (including phenoxy) is 1. The van der Waals surface area contributed by atoms with Gasteiger partial charge in [-0.25, -0.2) is 10.1 Å². The van der Waals surface area contributed by atoms with Crippen molar-refractivity contribution in [2.75, 3.05) is 42.6 Å². The molecular formula is C24H30N6O3. The van der Waals surface area contributed by atoms with Gasteiger partial charge in [0.1, 0.15) is 17.7 Å². The molecule has 4 heterocycles. The van der Waals surface area contributed by atoms with E-state index in [0.717, 1.165) is 50.4 Å². The number of carbonyl (C=O) groups excluding carboxylic acids is 1. The van der Waals surface area contributed by atoms with Crippen LogP contribution in [0.15, 0.2) is 29.3 Å². The standard InChI is InChI=1S/C24H30N6O3/c1-17-22(14-27-28-24(17)32)30-8-2-3-20(30)16-33-10-7-21(31)11-18-6-9-29(15-18)23-5-4-19(12-25)13-26-23/h4-5,13-14,18,20H,2-3,6-11,15-16H2,1H3,(H,28,32)/t18?,20-/m0/s1. The molecule has 2 atom stereocenters. The van der Waals surface area contributed by atoms with E-state index in [9.17, 15) is 9.59 Å². The quantitative estimate of drug-likeness (QED) is 0.578. The SMILES string of the molecule is Cc1c(N2CCC[C@H]2COCCC(=O)CC2CCN(c3ccc(C#N)cn3)C2)cn[nH]c1=O. The number of anilines is 2. The van der Waals surface area contributed by atoms with E-state index in [1.807, 2.05) is 13.0 Å². The number of aromatic nitrogens is 3. The second kappa shape index (κ2) is 10.6. The van der Waals surface area contributed by atoms with Gasteiger partial charge in [-0.3, -0.25) is 9.59 Å². The number of nitrogens with one attached hydrogen (secondary N) is 1. The molecule has 33 heavy (non-hydrogen) atoms. The number of Topliss-reactive ketones (excluding diaryl/α,β-unsaturated/α-hetero) is 1. The highest BCUT2D eigenvalue weighted by Gasteiger charge is 2.28.